The Morgan fingerprint density at radius 1 is 1.03 bits per heavy atom. The minimum atomic E-state index is -2.37. The molecule has 0 radical (unpaired) electrons. The minimum absolute atomic E-state index is 0.0659. The molecule has 0 saturated heterocycles. The fourth-order valence-electron chi connectivity index (χ4n) is 3.04. The van der Waals surface area contributed by atoms with Crippen molar-refractivity contribution in [2.24, 2.45) is 0 Å². The molecule has 0 fully saturated rings. The lowest BCUT2D eigenvalue weighted by molar-refractivity contribution is 0.535. The monoisotopic (exact) mass is 489 g/mol. The SMILES string of the molecule is CC(C)c1nc(-c2cccc(NS(=O)c3c(F)cccc3F)c2F)c(-c2ccnc(N)n2)s1. The first-order valence-electron chi connectivity index (χ1n) is 9.77. The van der Waals surface area contributed by atoms with E-state index in [4.69, 9.17) is 5.73 Å². The van der Waals surface area contributed by atoms with Crippen LogP contribution in [0.2, 0.25) is 0 Å². The van der Waals surface area contributed by atoms with Gasteiger partial charge in [0.1, 0.15) is 16.5 Å². The molecule has 11 heteroatoms. The van der Waals surface area contributed by atoms with Crippen molar-refractivity contribution in [1.82, 2.24) is 15.0 Å². The first-order valence-corrected chi connectivity index (χ1v) is 11.7. The van der Waals surface area contributed by atoms with Crippen LogP contribution < -0.4 is 10.5 Å². The lowest BCUT2D eigenvalue weighted by Crippen LogP contribution is -2.10. The van der Waals surface area contributed by atoms with Gasteiger partial charge in [0.2, 0.25) is 5.95 Å². The number of nitrogens with zero attached hydrogens (tertiary/aromatic N) is 3. The summed E-state index contributed by atoms with van der Waals surface area (Å²) in [4.78, 5) is 12.6. The molecule has 170 valence electrons. The van der Waals surface area contributed by atoms with Crippen LogP contribution in [0, 0.1) is 17.5 Å². The zero-order valence-electron chi connectivity index (χ0n) is 17.5. The summed E-state index contributed by atoms with van der Waals surface area (Å²) in [6.45, 7) is 3.92. The Hall–Kier alpha value is -3.31. The zero-order valence-corrected chi connectivity index (χ0v) is 19.1. The van der Waals surface area contributed by atoms with Crippen LogP contribution >= 0.6 is 11.3 Å². The lowest BCUT2D eigenvalue weighted by Gasteiger charge is -2.11. The predicted molar refractivity (Wildman–Crippen MR) is 123 cm³/mol. The molecule has 0 aliphatic rings. The van der Waals surface area contributed by atoms with Gasteiger partial charge in [0, 0.05) is 17.7 Å². The second-order valence-electron chi connectivity index (χ2n) is 7.27. The number of thiazole rings is 1. The Morgan fingerprint density at radius 3 is 2.39 bits per heavy atom. The molecule has 33 heavy (non-hydrogen) atoms. The van der Waals surface area contributed by atoms with Crippen molar-refractivity contribution in [3.63, 3.8) is 0 Å². The zero-order chi connectivity index (χ0) is 23.7. The van der Waals surface area contributed by atoms with E-state index in [1.807, 2.05) is 13.8 Å². The van der Waals surface area contributed by atoms with Gasteiger partial charge in [-0.2, -0.15) is 0 Å². The highest BCUT2D eigenvalue weighted by Crippen LogP contribution is 2.40. The fraction of sp³-hybridized carbons (Fsp3) is 0.136. The normalized spacial score (nSPS) is 12.2. The fourth-order valence-corrected chi connectivity index (χ4v) is 5.05. The molecule has 2 aromatic carbocycles. The number of aromatic nitrogens is 3. The summed E-state index contributed by atoms with van der Waals surface area (Å²) in [5.74, 6) is -2.63. The first-order chi connectivity index (χ1) is 15.8. The molecule has 6 nitrogen and oxygen atoms in total. The van der Waals surface area contributed by atoms with E-state index in [9.17, 15) is 13.0 Å². The van der Waals surface area contributed by atoms with E-state index in [-0.39, 0.29) is 23.1 Å². The highest BCUT2D eigenvalue weighted by atomic mass is 32.2. The molecule has 2 heterocycles. The molecule has 0 saturated carbocycles. The van der Waals surface area contributed by atoms with Crippen molar-refractivity contribution in [1.29, 1.82) is 0 Å². The van der Waals surface area contributed by atoms with Gasteiger partial charge in [-0.1, -0.05) is 26.0 Å². The molecule has 1 atom stereocenters. The van der Waals surface area contributed by atoms with Gasteiger partial charge in [0.15, 0.2) is 16.8 Å². The quantitative estimate of drug-likeness (QED) is 0.372. The summed E-state index contributed by atoms with van der Waals surface area (Å²) in [6, 6.07) is 9.13. The van der Waals surface area contributed by atoms with Crippen molar-refractivity contribution in [3.8, 4) is 21.8 Å². The van der Waals surface area contributed by atoms with Crippen LogP contribution in [0.15, 0.2) is 53.6 Å². The van der Waals surface area contributed by atoms with Crippen LogP contribution in [-0.4, -0.2) is 19.2 Å². The third kappa shape index (κ3) is 4.60. The number of hydrogen-bond donors (Lipinski definition) is 2. The highest BCUT2D eigenvalue weighted by Gasteiger charge is 2.23. The minimum Gasteiger partial charge on any atom is -0.368 e. The molecule has 0 aliphatic carbocycles. The van der Waals surface area contributed by atoms with Crippen molar-refractivity contribution in [2.75, 3.05) is 10.5 Å². The van der Waals surface area contributed by atoms with Crippen LogP contribution in [-0.2, 0) is 11.0 Å². The van der Waals surface area contributed by atoms with Gasteiger partial charge < -0.3 is 5.73 Å². The second-order valence-corrected chi connectivity index (χ2v) is 9.45. The third-order valence-electron chi connectivity index (χ3n) is 4.61. The van der Waals surface area contributed by atoms with E-state index in [0.29, 0.717) is 16.3 Å². The van der Waals surface area contributed by atoms with Crippen LogP contribution in [0.1, 0.15) is 24.8 Å². The summed E-state index contributed by atoms with van der Waals surface area (Å²) in [6.07, 6.45) is 1.50. The van der Waals surface area contributed by atoms with E-state index in [1.165, 1.54) is 35.7 Å². The van der Waals surface area contributed by atoms with Crippen LogP contribution in [0.5, 0.6) is 0 Å². The molecule has 0 bridgehead atoms. The maximum atomic E-state index is 15.5. The van der Waals surface area contributed by atoms with E-state index in [0.717, 1.165) is 23.2 Å². The first kappa shape index (κ1) is 22.9. The Kier molecular flexibility index (Phi) is 6.43. The average Bonchev–Trinajstić information content (AvgIpc) is 3.21. The van der Waals surface area contributed by atoms with Gasteiger partial charge in [0.05, 0.1) is 27.0 Å². The highest BCUT2D eigenvalue weighted by molar-refractivity contribution is 7.86. The van der Waals surface area contributed by atoms with E-state index in [1.54, 1.807) is 6.07 Å². The number of rotatable bonds is 6. The largest absolute Gasteiger partial charge is 0.368 e. The molecular weight excluding hydrogens is 471 g/mol. The van der Waals surface area contributed by atoms with Crippen LogP contribution in [0.4, 0.5) is 24.8 Å². The molecule has 2 aromatic heterocycles. The average molecular weight is 490 g/mol. The number of halogens is 3. The molecule has 4 aromatic rings. The number of anilines is 2. The molecule has 0 aliphatic heterocycles. The van der Waals surface area contributed by atoms with Gasteiger partial charge in [-0.3, -0.25) is 4.72 Å². The summed E-state index contributed by atoms with van der Waals surface area (Å²) in [7, 11) is -2.37. The Balaban J connectivity index is 1.79. The molecular formula is C22H18F3N5OS2. The summed E-state index contributed by atoms with van der Waals surface area (Å²) < 4.78 is 58.5. The van der Waals surface area contributed by atoms with Gasteiger partial charge in [-0.15, -0.1) is 11.3 Å². The van der Waals surface area contributed by atoms with Crippen molar-refractivity contribution in [3.05, 3.63) is 71.1 Å². The third-order valence-corrected chi connectivity index (χ3v) is 7.15. The lowest BCUT2D eigenvalue weighted by atomic mass is 10.1. The van der Waals surface area contributed by atoms with Gasteiger partial charge >= 0.3 is 0 Å². The summed E-state index contributed by atoms with van der Waals surface area (Å²) >= 11 is 1.35. The number of nitrogens with two attached hydrogens (primary N) is 1. The van der Waals surface area contributed by atoms with Crippen LogP contribution in [0.3, 0.4) is 0 Å². The Morgan fingerprint density at radius 2 is 1.73 bits per heavy atom. The number of hydrogen-bond acceptors (Lipinski definition) is 6. The van der Waals surface area contributed by atoms with E-state index >= 15 is 4.39 Å². The summed E-state index contributed by atoms with van der Waals surface area (Å²) in [5.41, 5.74) is 6.45. The van der Waals surface area contributed by atoms with Gasteiger partial charge in [-0.05, 0) is 30.3 Å². The molecule has 0 amide bonds. The molecule has 0 spiro atoms. The topological polar surface area (TPSA) is 93.8 Å². The number of nitrogens with one attached hydrogen (secondary N) is 1. The van der Waals surface area contributed by atoms with Gasteiger partial charge in [0.25, 0.3) is 0 Å². The standard InChI is InChI=1S/C22H18F3N5OS2/c1-11(2)21-29-18(19(32-21)16-9-10-27-22(26)28-16)12-5-3-8-15(17(12)25)30-33(31)20-13(23)6-4-7-14(20)24/h3-11,30H,1-2H3,(H2,26,27,28). The second kappa shape index (κ2) is 9.28. The summed E-state index contributed by atoms with van der Waals surface area (Å²) in [5, 5.41) is 0.756. The van der Waals surface area contributed by atoms with Crippen LogP contribution in [0.25, 0.3) is 21.8 Å². The van der Waals surface area contributed by atoms with E-state index < -0.39 is 33.3 Å². The van der Waals surface area contributed by atoms with Crippen molar-refractivity contribution in [2.45, 2.75) is 24.7 Å². The van der Waals surface area contributed by atoms with Crippen molar-refractivity contribution >= 4 is 34.0 Å². The maximum Gasteiger partial charge on any atom is 0.220 e. The molecule has 4 rings (SSSR count). The van der Waals surface area contributed by atoms with Gasteiger partial charge in [-0.25, -0.2) is 32.3 Å². The molecule has 3 N–H and O–H groups in total. The maximum absolute atomic E-state index is 15.5. The van der Waals surface area contributed by atoms with E-state index in [2.05, 4.69) is 19.7 Å². The number of benzene rings is 2. The Labute approximate surface area is 194 Å². The van der Waals surface area contributed by atoms with Crippen molar-refractivity contribution < 1.29 is 17.4 Å². The Bertz CT molecular complexity index is 1340. The smallest absolute Gasteiger partial charge is 0.220 e. The molecule has 1 unspecified atom stereocenters. The number of nitrogen functional groups attached to an aromatic ring is 1. The predicted octanol–water partition coefficient (Wildman–Crippen LogP) is 5.52.